The third-order valence-electron chi connectivity index (χ3n) is 2.91. The molecule has 13 heavy (non-hydrogen) atoms. The second kappa shape index (κ2) is 4.94. The standard InChI is InChI=1S/C10H21NO2/c1-7(2)9(6-12)11-8-4-3-5-10(8)13/h7-13H,3-6H2,1-2H3/t8?,9-,10?/m1/s1. The smallest absolute Gasteiger partial charge is 0.0693 e. The van der Waals surface area contributed by atoms with Gasteiger partial charge in [-0.25, -0.2) is 0 Å². The molecule has 0 aromatic carbocycles. The van der Waals surface area contributed by atoms with Crippen molar-refractivity contribution in [2.75, 3.05) is 6.61 Å². The van der Waals surface area contributed by atoms with Crippen LogP contribution in [0.3, 0.4) is 0 Å². The molecular formula is C10H21NO2. The molecule has 0 spiro atoms. The first-order valence-electron chi connectivity index (χ1n) is 5.20. The van der Waals surface area contributed by atoms with Crippen molar-refractivity contribution in [1.82, 2.24) is 5.32 Å². The van der Waals surface area contributed by atoms with Gasteiger partial charge in [0.25, 0.3) is 0 Å². The first-order chi connectivity index (χ1) is 6.15. The third kappa shape index (κ3) is 2.93. The molecule has 3 N–H and O–H groups in total. The van der Waals surface area contributed by atoms with Crippen molar-refractivity contribution < 1.29 is 10.2 Å². The van der Waals surface area contributed by atoms with Crippen molar-refractivity contribution in [2.45, 2.75) is 51.3 Å². The first kappa shape index (κ1) is 11.0. The van der Waals surface area contributed by atoms with E-state index in [2.05, 4.69) is 19.2 Å². The van der Waals surface area contributed by atoms with Crippen molar-refractivity contribution in [1.29, 1.82) is 0 Å². The van der Waals surface area contributed by atoms with Gasteiger partial charge in [0.15, 0.2) is 0 Å². The highest BCUT2D eigenvalue weighted by molar-refractivity contribution is 4.86. The highest BCUT2D eigenvalue weighted by atomic mass is 16.3. The zero-order valence-corrected chi connectivity index (χ0v) is 8.53. The molecule has 0 aromatic rings. The van der Waals surface area contributed by atoms with Gasteiger partial charge in [0.2, 0.25) is 0 Å². The molecule has 0 aliphatic heterocycles. The van der Waals surface area contributed by atoms with Gasteiger partial charge in [0.05, 0.1) is 12.7 Å². The molecule has 0 saturated heterocycles. The average molecular weight is 187 g/mol. The fourth-order valence-electron chi connectivity index (χ4n) is 1.87. The van der Waals surface area contributed by atoms with Crippen molar-refractivity contribution in [3.05, 3.63) is 0 Å². The Morgan fingerprint density at radius 1 is 1.38 bits per heavy atom. The minimum atomic E-state index is -0.215. The highest BCUT2D eigenvalue weighted by Gasteiger charge is 2.27. The summed E-state index contributed by atoms with van der Waals surface area (Å²) in [6.07, 6.45) is 2.81. The quantitative estimate of drug-likeness (QED) is 0.601. The Labute approximate surface area is 80.2 Å². The van der Waals surface area contributed by atoms with E-state index in [-0.39, 0.29) is 24.8 Å². The van der Waals surface area contributed by atoms with E-state index in [9.17, 15) is 5.11 Å². The second-order valence-corrected chi connectivity index (χ2v) is 4.30. The summed E-state index contributed by atoms with van der Waals surface area (Å²) in [6, 6.07) is 0.317. The van der Waals surface area contributed by atoms with E-state index in [0.717, 1.165) is 19.3 Å². The molecule has 3 atom stereocenters. The molecule has 3 nitrogen and oxygen atoms in total. The molecule has 1 fully saturated rings. The van der Waals surface area contributed by atoms with Crippen LogP contribution in [0.4, 0.5) is 0 Å². The molecule has 1 aliphatic carbocycles. The molecule has 0 aromatic heterocycles. The van der Waals surface area contributed by atoms with E-state index in [4.69, 9.17) is 5.11 Å². The predicted octanol–water partition coefficient (Wildman–Crippen LogP) is 0.506. The number of rotatable bonds is 4. The van der Waals surface area contributed by atoms with E-state index < -0.39 is 0 Å². The summed E-state index contributed by atoms with van der Waals surface area (Å²) in [5.41, 5.74) is 0. The molecule has 2 unspecified atom stereocenters. The van der Waals surface area contributed by atoms with Crippen LogP contribution in [-0.4, -0.2) is 35.0 Å². The zero-order valence-electron chi connectivity index (χ0n) is 8.53. The van der Waals surface area contributed by atoms with Crippen LogP contribution < -0.4 is 5.32 Å². The van der Waals surface area contributed by atoms with Crippen molar-refractivity contribution in [3.63, 3.8) is 0 Å². The van der Waals surface area contributed by atoms with E-state index in [1.165, 1.54) is 0 Å². The van der Waals surface area contributed by atoms with Crippen LogP contribution in [0.2, 0.25) is 0 Å². The van der Waals surface area contributed by atoms with Gasteiger partial charge in [-0.3, -0.25) is 0 Å². The molecule has 1 aliphatic rings. The topological polar surface area (TPSA) is 52.5 Å². The van der Waals surface area contributed by atoms with Crippen molar-refractivity contribution >= 4 is 0 Å². The van der Waals surface area contributed by atoms with Gasteiger partial charge >= 0.3 is 0 Å². The number of hydrogen-bond donors (Lipinski definition) is 3. The molecule has 1 saturated carbocycles. The summed E-state index contributed by atoms with van der Waals surface area (Å²) in [7, 11) is 0. The van der Waals surface area contributed by atoms with Gasteiger partial charge in [-0.2, -0.15) is 0 Å². The lowest BCUT2D eigenvalue weighted by atomic mass is 10.0. The summed E-state index contributed by atoms with van der Waals surface area (Å²) in [6.45, 7) is 4.31. The average Bonchev–Trinajstić information content (AvgIpc) is 2.46. The predicted molar refractivity (Wildman–Crippen MR) is 52.5 cm³/mol. The molecule has 3 heteroatoms. The maximum absolute atomic E-state index is 9.57. The van der Waals surface area contributed by atoms with Crippen molar-refractivity contribution in [2.24, 2.45) is 5.92 Å². The SMILES string of the molecule is CC(C)[C@@H](CO)NC1CCCC1O. The largest absolute Gasteiger partial charge is 0.395 e. The Balaban J connectivity index is 2.36. The Kier molecular flexibility index (Phi) is 4.16. The molecule has 0 radical (unpaired) electrons. The van der Waals surface area contributed by atoms with Crippen LogP contribution in [-0.2, 0) is 0 Å². The Bertz CT molecular complexity index is 150. The number of aliphatic hydroxyl groups is 2. The Hall–Kier alpha value is -0.120. The summed E-state index contributed by atoms with van der Waals surface area (Å²) in [5, 5.41) is 22.0. The van der Waals surface area contributed by atoms with Crippen LogP contribution in [0.25, 0.3) is 0 Å². The summed E-state index contributed by atoms with van der Waals surface area (Å²) in [4.78, 5) is 0. The maximum Gasteiger partial charge on any atom is 0.0693 e. The summed E-state index contributed by atoms with van der Waals surface area (Å²) < 4.78 is 0. The van der Waals surface area contributed by atoms with E-state index >= 15 is 0 Å². The zero-order chi connectivity index (χ0) is 9.84. The van der Waals surface area contributed by atoms with Gasteiger partial charge in [-0.15, -0.1) is 0 Å². The number of hydrogen-bond acceptors (Lipinski definition) is 3. The summed E-state index contributed by atoms with van der Waals surface area (Å²) in [5.74, 6) is 0.415. The van der Waals surface area contributed by atoms with Crippen LogP contribution in [0, 0.1) is 5.92 Å². The maximum atomic E-state index is 9.57. The number of nitrogens with one attached hydrogen (secondary N) is 1. The van der Waals surface area contributed by atoms with Gasteiger partial charge in [-0.1, -0.05) is 13.8 Å². The van der Waals surface area contributed by atoms with Gasteiger partial charge in [-0.05, 0) is 25.2 Å². The second-order valence-electron chi connectivity index (χ2n) is 4.30. The van der Waals surface area contributed by atoms with Gasteiger partial charge in [0, 0.05) is 12.1 Å². The van der Waals surface area contributed by atoms with Crippen LogP contribution in [0.15, 0.2) is 0 Å². The molecule has 78 valence electrons. The number of aliphatic hydroxyl groups excluding tert-OH is 2. The monoisotopic (exact) mass is 187 g/mol. The lowest BCUT2D eigenvalue weighted by Gasteiger charge is -2.26. The van der Waals surface area contributed by atoms with Crippen LogP contribution >= 0.6 is 0 Å². The molecule has 0 heterocycles. The van der Waals surface area contributed by atoms with Crippen molar-refractivity contribution in [3.8, 4) is 0 Å². The molecule has 0 bridgehead atoms. The molecule has 0 amide bonds. The van der Waals surface area contributed by atoms with Crippen LogP contribution in [0.5, 0.6) is 0 Å². The van der Waals surface area contributed by atoms with E-state index in [1.807, 2.05) is 0 Å². The highest BCUT2D eigenvalue weighted by Crippen LogP contribution is 2.20. The molecule has 1 rings (SSSR count). The Morgan fingerprint density at radius 2 is 2.08 bits per heavy atom. The fraction of sp³-hybridized carbons (Fsp3) is 1.00. The first-order valence-corrected chi connectivity index (χ1v) is 5.20. The van der Waals surface area contributed by atoms with Gasteiger partial charge < -0.3 is 15.5 Å². The fourth-order valence-corrected chi connectivity index (χ4v) is 1.87. The minimum Gasteiger partial charge on any atom is -0.395 e. The summed E-state index contributed by atoms with van der Waals surface area (Å²) >= 11 is 0. The van der Waals surface area contributed by atoms with E-state index in [0.29, 0.717) is 5.92 Å². The molecular weight excluding hydrogens is 166 g/mol. The lowest BCUT2D eigenvalue weighted by Crippen LogP contribution is -2.46. The van der Waals surface area contributed by atoms with E-state index in [1.54, 1.807) is 0 Å². The minimum absolute atomic E-state index is 0.123. The third-order valence-corrected chi connectivity index (χ3v) is 2.91. The van der Waals surface area contributed by atoms with Gasteiger partial charge in [0.1, 0.15) is 0 Å². The lowest BCUT2D eigenvalue weighted by molar-refractivity contribution is 0.122. The normalized spacial score (nSPS) is 31.2. The Morgan fingerprint density at radius 3 is 2.46 bits per heavy atom. The van der Waals surface area contributed by atoms with Crippen LogP contribution in [0.1, 0.15) is 33.1 Å².